The lowest BCUT2D eigenvalue weighted by atomic mass is 10.1. The highest BCUT2D eigenvalue weighted by molar-refractivity contribution is 6.57. The highest BCUT2D eigenvalue weighted by Crippen LogP contribution is 2.17. The van der Waals surface area contributed by atoms with Gasteiger partial charge in [-0.3, -0.25) is 4.79 Å². The van der Waals surface area contributed by atoms with E-state index in [2.05, 4.69) is 5.32 Å². The van der Waals surface area contributed by atoms with E-state index in [0.29, 0.717) is 0 Å². The number of carbonyl (C=O) groups is 1. The Balaban J connectivity index is 2.70. The van der Waals surface area contributed by atoms with Crippen molar-refractivity contribution >= 4 is 29.1 Å². The quantitative estimate of drug-likeness (QED) is 0.830. The predicted molar refractivity (Wildman–Crippen MR) is 62.8 cm³/mol. The summed E-state index contributed by atoms with van der Waals surface area (Å²) in [6, 6.07) is 8.86. The maximum Gasteiger partial charge on any atom is 0.283 e. The summed E-state index contributed by atoms with van der Waals surface area (Å²) in [5.41, 5.74) is 0.870. The molecule has 0 aliphatic heterocycles. The van der Waals surface area contributed by atoms with E-state index in [1.165, 1.54) is 0 Å². The zero-order valence-corrected chi connectivity index (χ0v) is 10.0. The molecule has 0 saturated heterocycles. The summed E-state index contributed by atoms with van der Waals surface area (Å²) in [6.07, 6.45) is 0. The first kappa shape index (κ1) is 13.0. The predicted octanol–water partition coefficient (Wildman–Crippen LogP) is 3.48. The number of amides is 1. The van der Waals surface area contributed by atoms with E-state index in [9.17, 15) is 9.18 Å². The molecule has 0 aromatic heterocycles. The number of hydrogen-bond acceptors (Lipinski definition) is 1. The van der Waals surface area contributed by atoms with Gasteiger partial charge in [-0.05, 0) is 12.5 Å². The first-order valence-electron chi connectivity index (χ1n) is 4.59. The average molecular weight is 262 g/mol. The van der Waals surface area contributed by atoms with Gasteiger partial charge in [0.25, 0.3) is 5.91 Å². The molecule has 1 rings (SSSR count). The Labute approximate surface area is 103 Å². The molecule has 1 amide bonds. The molecule has 0 aliphatic carbocycles. The van der Waals surface area contributed by atoms with Crippen molar-refractivity contribution in [2.24, 2.45) is 0 Å². The standard InChI is InChI=1S/C11H10Cl2FNO/c1-7(8-5-3-2-4-6-8)15-11(16)9(14)10(12)13/h2-7H,1H3,(H,15,16). The minimum Gasteiger partial charge on any atom is -0.343 e. The highest BCUT2D eigenvalue weighted by atomic mass is 35.5. The molecule has 1 atom stereocenters. The Hall–Kier alpha value is -1.06. The first-order chi connectivity index (χ1) is 7.52. The number of rotatable bonds is 3. The molecule has 16 heavy (non-hydrogen) atoms. The Bertz CT molecular complexity index is 402. The van der Waals surface area contributed by atoms with Crippen LogP contribution in [0.25, 0.3) is 0 Å². The van der Waals surface area contributed by atoms with Gasteiger partial charge in [-0.15, -0.1) is 0 Å². The van der Waals surface area contributed by atoms with Crippen molar-refractivity contribution in [3.63, 3.8) is 0 Å². The first-order valence-corrected chi connectivity index (χ1v) is 5.34. The summed E-state index contributed by atoms with van der Waals surface area (Å²) in [6.45, 7) is 1.74. The maximum absolute atomic E-state index is 13.0. The smallest absolute Gasteiger partial charge is 0.283 e. The van der Waals surface area contributed by atoms with E-state index in [0.717, 1.165) is 5.56 Å². The highest BCUT2D eigenvalue weighted by Gasteiger charge is 2.16. The molecule has 1 N–H and O–H groups in total. The van der Waals surface area contributed by atoms with Crippen LogP contribution in [0.15, 0.2) is 40.7 Å². The van der Waals surface area contributed by atoms with Crippen LogP contribution in [-0.4, -0.2) is 5.91 Å². The average Bonchev–Trinajstić information content (AvgIpc) is 2.28. The molecule has 0 heterocycles. The minimum atomic E-state index is -1.17. The van der Waals surface area contributed by atoms with Gasteiger partial charge in [-0.1, -0.05) is 53.5 Å². The molecule has 0 radical (unpaired) electrons. The molecule has 0 fully saturated rings. The van der Waals surface area contributed by atoms with E-state index in [-0.39, 0.29) is 6.04 Å². The van der Waals surface area contributed by atoms with Crippen molar-refractivity contribution in [1.29, 1.82) is 0 Å². The minimum absolute atomic E-state index is 0.313. The Morgan fingerprint density at radius 1 is 1.31 bits per heavy atom. The maximum atomic E-state index is 13.0. The molecule has 0 saturated carbocycles. The van der Waals surface area contributed by atoms with Crippen LogP contribution in [0, 0.1) is 0 Å². The molecule has 1 aromatic rings. The number of nitrogens with one attached hydrogen (secondary N) is 1. The van der Waals surface area contributed by atoms with Crippen LogP contribution in [0.5, 0.6) is 0 Å². The van der Waals surface area contributed by atoms with Gasteiger partial charge in [0.05, 0.1) is 6.04 Å². The molecule has 1 aromatic carbocycles. The third kappa shape index (κ3) is 3.51. The van der Waals surface area contributed by atoms with Gasteiger partial charge in [0.15, 0.2) is 0 Å². The van der Waals surface area contributed by atoms with Gasteiger partial charge in [-0.25, -0.2) is 0 Å². The van der Waals surface area contributed by atoms with Gasteiger partial charge in [-0.2, -0.15) is 4.39 Å². The van der Waals surface area contributed by atoms with Crippen molar-refractivity contribution in [1.82, 2.24) is 5.32 Å². The Kier molecular flexibility index (Phi) is 4.77. The van der Waals surface area contributed by atoms with Crippen molar-refractivity contribution in [2.45, 2.75) is 13.0 Å². The van der Waals surface area contributed by atoms with Crippen LogP contribution in [0.3, 0.4) is 0 Å². The fraction of sp³-hybridized carbons (Fsp3) is 0.182. The van der Waals surface area contributed by atoms with Crippen LogP contribution in [0.1, 0.15) is 18.5 Å². The molecule has 0 spiro atoms. The van der Waals surface area contributed by atoms with Gasteiger partial charge in [0, 0.05) is 0 Å². The monoisotopic (exact) mass is 261 g/mol. The summed E-state index contributed by atoms with van der Waals surface area (Å²) in [7, 11) is 0. The second-order valence-corrected chi connectivity index (χ2v) is 4.13. The molecular weight excluding hydrogens is 252 g/mol. The third-order valence-electron chi connectivity index (χ3n) is 2.01. The third-order valence-corrected chi connectivity index (χ3v) is 2.34. The van der Waals surface area contributed by atoms with Gasteiger partial charge in [0.2, 0.25) is 5.83 Å². The van der Waals surface area contributed by atoms with E-state index >= 15 is 0 Å². The fourth-order valence-corrected chi connectivity index (χ4v) is 1.34. The van der Waals surface area contributed by atoms with Gasteiger partial charge in [0.1, 0.15) is 4.49 Å². The molecule has 0 bridgehead atoms. The Morgan fingerprint density at radius 3 is 2.38 bits per heavy atom. The van der Waals surface area contributed by atoms with Crippen LogP contribution >= 0.6 is 23.2 Å². The zero-order valence-electron chi connectivity index (χ0n) is 8.51. The van der Waals surface area contributed by atoms with E-state index in [4.69, 9.17) is 23.2 Å². The van der Waals surface area contributed by atoms with Gasteiger partial charge < -0.3 is 5.32 Å². The molecular formula is C11H10Cl2FNO. The molecule has 86 valence electrons. The second kappa shape index (κ2) is 5.87. The van der Waals surface area contributed by atoms with Gasteiger partial charge >= 0.3 is 0 Å². The Morgan fingerprint density at radius 2 is 1.88 bits per heavy atom. The topological polar surface area (TPSA) is 29.1 Å². The van der Waals surface area contributed by atoms with Crippen molar-refractivity contribution < 1.29 is 9.18 Å². The number of benzene rings is 1. The molecule has 2 nitrogen and oxygen atoms in total. The van der Waals surface area contributed by atoms with Crippen molar-refractivity contribution in [3.8, 4) is 0 Å². The number of carbonyl (C=O) groups excluding carboxylic acids is 1. The summed E-state index contributed by atoms with van der Waals surface area (Å²) < 4.78 is 12.3. The normalized spacial score (nSPS) is 11.8. The molecule has 1 unspecified atom stereocenters. The fourth-order valence-electron chi connectivity index (χ4n) is 1.17. The molecule has 0 aliphatic rings. The van der Waals surface area contributed by atoms with E-state index in [1.807, 2.05) is 30.3 Å². The summed E-state index contributed by atoms with van der Waals surface area (Å²) >= 11 is 10.3. The lowest BCUT2D eigenvalue weighted by Gasteiger charge is -2.13. The van der Waals surface area contributed by atoms with Crippen molar-refractivity contribution in [3.05, 3.63) is 46.2 Å². The summed E-state index contributed by atoms with van der Waals surface area (Å²) in [5, 5.41) is 2.44. The lowest BCUT2D eigenvalue weighted by Crippen LogP contribution is -2.27. The SMILES string of the molecule is CC(NC(=O)C(F)=C(Cl)Cl)c1ccccc1. The van der Waals surface area contributed by atoms with Crippen LogP contribution in [0.2, 0.25) is 0 Å². The number of halogens is 3. The number of hydrogen-bond donors (Lipinski definition) is 1. The van der Waals surface area contributed by atoms with E-state index < -0.39 is 16.2 Å². The van der Waals surface area contributed by atoms with Crippen LogP contribution in [0.4, 0.5) is 4.39 Å². The summed E-state index contributed by atoms with van der Waals surface area (Å²) in [4.78, 5) is 11.3. The largest absolute Gasteiger partial charge is 0.343 e. The summed E-state index contributed by atoms with van der Waals surface area (Å²) in [5.74, 6) is -2.09. The van der Waals surface area contributed by atoms with Crippen LogP contribution < -0.4 is 5.32 Å². The molecule has 5 heteroatoms. The zero-order chi connectivity index (χ0) is 12.1. The van der Waals surface area contributed by atoms with E-state index in [1.54, 1.807) is 6.92 Å². The van der Waals surface area contributed by atoms with Crippen molar-refractivity contribution in [2.75, 3.05) is 0 Å². The lowest BCUT2D eigenvalue weighted by molar-refractivity contribution is -0.119. The second-order valence-electron chi connectivity index (χ2n) is 3.18. The van der Waals surface area contributed by atoms with Crippen LogP contribution in [-0.2, 0) is 4.79 Å².